The second-order valence-electron chi connectivity index (χ2n) is 4.85. The molecular formula is C11H16O2. The van der Waals surface area contributed by atoms with E-state index in [0.29, 0.717) is 23.4 Å². The highest BCUT2D eigenvalue weighted by molar-refractivity contribution is 5.59. The summed E-state index contributed by atoms with van der Waals surface area (Å²) >= 11 is 0. The monoisotopic (exact) mass is 180 g/mol. The zero-order chi connectivity index (χ0) is 8.89. The summed E-state index contributed by atoms with van der Waals surface area (Å²) in [6, 6.07) is 0. The Balaban J connectivity index is 1.83. The van der Waals surface area contributed by atoms with Gasteiger partial charge in [-0.2, -0.15) is 0 Å². The van der Waals surface area contributed by atoms with Crippen LogP contribution in [0.4, 0.5) is 0 Å². The molecule has 3 fully saturated rings. The SMILES string of the molecule is O=C[C@@H]1[C@H]2CCCO[C@H]2C12CCC2. The maximum absolute atomic E-state index is 11.0. The summed E-state index contributed by atoms with van der Waals surface area (Å²) in [5.41, 5.74) is 0.312. The van der Waals surface area contributed by atoms with Crippen molar-refractivity contribution < 1.29 is 9.53 Å². The predicted molar refractivity (Wildman–Crippen MR) is 48.3 cm³/mol. The van der Waals surface area contributed by atoms with Gasteiger partial charge in [0.25, 0.3) is 0 Å². The van der Waals surface area contributed by atoms with Gasteiger partial charge in [0.2, 0.25) is 0 Å². The maximum atomic E-state index is 11.0. The molecular weight excluding hydrogens is 164 g/mol. The number of fused-ring (bicyclic) bond motifs is 2. The highest BCUT2D eigenvalue weighted by atomic mass is 16.5. The Morgan fingerprint density at radius 1 is 1.31 bits per heavy atom. The smallest absolute Gasteiger partial charge is 0.124 e. The molecule has 0 radical (unpaired) electrons. The second-order valence-corrected chi connectivity index (χ2v) is 4.85. The van der Waals surface area contributed by atoms with Crippen molar-refractivity contribution in [3.63, 3.8) is 0 Å². The van der Waals surface area contributed by atoms with Gasteiger partial charge in [0.15, 0.2) is 0 Å². The van der Waals surface area contributed by atoms with E-state index in [1.165, 1.54) is 32.0 Å². The summed E-state index contributed by atoms with van der Waals surface area (Å²) in [6.07, 6.45) is 7.79. The molecule has 1 spiro atoms. The van der Waals surface area contributed by atoms with Crippen molar-refractivity contribution in [2.75, 3.05) is 6.61 Å². The third kappa shape index (κ3) is 0.804. The molecule has 0 N–H and O–H groups in total. The van der Waals surface area contributed by atoms with Gasteiger partial charge in [0, 0.05) is 17.9 Å². The van der Waals surface area contributed by atoms with Crippen molar-refractivity contribution in [1.29, 1.82) is 0 Å². The molecule has 3 rings (SSSR count). The van der Waals surface area contributed by atoms with E-state index in [0.717, 1.165) is 13.0 Å². The van der Waals surface area contributed by atoms with E-state index in [1.807, 2.05) is 0 Å². The zero-order valence-electron chi connectivity index (χ0n) is 7.87. The van der Waals surface area contributed by atoms with Gasteiger partial charge in [-0.15, -0.1) is 0 Å². The van der Waals surface area contributed by atoms with Gasteiger partial charge in [-0.25, -0.2) is 0 Å². The molecule has 0 aromatic heterocycles. The molecule has 0 aromatic rings. The largest absolute Gasteiger partial charge is 0.377 e. The number of hydrogen-bond acceptors (Lipinski definition) is 2. The van der Waals surface area contributed by atoms with Gasteiger partial charge >= 0.3 is 0 Å². The second kappa shape index (κ2) is 2.57. The van der Waals surface area contributed by atoms with Crippen LogP contribution in [0.3, 0.4) is 0 Å². The first kappa shape index (κ1) is 7.98. The Kier molecular flexibility index (Phi) is 1.58. The lowest BCUT2D eigenvalue weighted by atomic mass is 9.42. The van der Waals surface area contributed by atoms with Crippen LogP contribution in [0.25, 0.3) is 0 Å². The van der Waals surface area contributed by atoms with E-state index in [4.69, 9.17) is 4.74 Å². The molecule has 3 aliphatic rings. The fourth-order valence-electron chi connectivity index (χ4n) is 3.70. The molecule has 2 nitrogen and oxygen atoms in total. The third-order valence-electron chi connectivity index (χ3n) is 4.49. The van der Waals surface area contributed by atoms with Crippen LogP contribution in [-0.4, -0.2) is 19.0 Å². The Labute approximate surface area is 78.6 Å². The van der Waals surface area contributed by atoms with Crippen LogP contribution < -0.4 is 0 Å². The lowest BCUT2D eigenvalue weighted by molar-refractivity contribution is -0.249. The molecule has 1 aliphatic heterocycles. The van der Waals surface area contributed by atoms with Crippen molar-refractivity contribution in [3.05, 3.63) is 0 Å². The minimum absolute atomic E-state index is 0.312. The number of hydrogen-bond donors (Lipinski definition) is 0. The van der Waals surface area contributed by atoms with Crippen molar-refractivity contribution in [2.45, 2.75) is 38.2 Å². The Hall–Kier alpha value is -0.370. The minimum atomic E-state index is 0.312. The number of carbonyl (C=O) groups excluding carboxylic acids is 1. The first-order chi connectivity index (χ1) is 6.38. The van der Waals surface area contributed by atoms with E-state index in [2.05, 4.69) is 0 Å². The van der Waals surface area contributed by atoms with Crippen molar-refractivity contribution in [1.82, 2.24) is 0 Å². The fourth-order valence-corrected chi connectivity index (χ4v) is 3.70. The summed E-state index contributed by atoms with van der Waals surface area (Å²) in [7, 11) is 0. The van der Waals surface area contributed by atoms with Gasteiger partial charge in [-0.1, -0.05) is 6.42 Å². The summed E-state index contributed by atoms with van der Waals surface area (Å²) in [6.45, 7) is 0.925. The van der Waals surface area contributed by atoms with Crippen LogP contribution in [0.5, 0.6) is 0 Å². The van der Waals surface area contributed by atoms with Crippen molar-refractivity contribution in [3.8, 4) is 0 Å². The van der Waals surface area contributed by atoms with Crippen molar-refractivity contribution >= 4 is 6.29 Å². The molecule has 2 saturated carbocycles. The summed E-state index contributed by atoms with van der Waals surface area (Å²) in [5, 5.41) is 0. The Bertz CT molecular complexity index is 232. The molecule has 0 unspecified atom stereocenters. The van der Waals surface area contributed by atoms with E-state index >= 15 is 0 Å². The van der Waals surface area contributed by atoms with Crippen LogP contribution >= 0.6 is 0 Å². The zero-order valence-corrected chi connectivity index (χ0v) is 7.87. The van der Waals surface area contributed by atoms with Crippen LogP contribution in [0.2, 0.25) is 0 Å². The number of ether oxygens (including phenoxy) is 1. The predicted octanol–water partition coefficient (Wildman–Crippen LogP) is 1.78. The average molecular weight is 180 g/mol. The molecule has 72 valence electrons. The van der Waals surface area contributed by atoms with Gasteiger partial charge < -0.3 is 9.53 Å². The van der Waals surface area contributed by atoms with Crippen molar-refractivity contribution in [2.24, 2.45) is 17.3 Å². The van der Waals surface area contributed by atoms with Gasteiger partial charge in [0.1, 0.15) is 6.29 Å². The first-order valence-corrected chi connectivity index (χ1v) is 5.45. The molecule has 0 amide bonds. The van der Waals surface area contributed by atoms with Crippen LogP contribution in [0.1, 0.15) is 32.1 Å². The number of carbonyl (C=O) groups is 1. The fraction of sp³-hybridized carbons (Fsp3) is 0.909. The normalized spacial score (nSPS) is 46.0. The molecule has 2 aliphatic carbocycles. The number of aldehydes is 1. The van der Waals surface area contributed by atoms with Gasteiger partial charge in [0.05, 0.1) is 6.10 Å². The molecule has 3 atom stereocenters. The van der Waals surface area contributed by atoms with E-state index < -0.39 is 0 Å². The molecule has 1 heterocycles. The average Bonchev–Trinajstić information content (AvgIpc) is 2.05. The van der Waals surface area contributed by atoms with Crippen LogP contribution in [0.15, 0.2) is 0 Å². The number of rotatable bonds is 1. The molecule has 0 aromatic carbocycles. The summed E-state index contributed by atoms with van der Waals surface area (Å²) < 4.78 is 5.81. The topological polar surface area (TPSA) is 26.3 Å². The Morgan fingerprint density at radius 3 is 2.77 bits per heavy atom. The van der Waals surface area contributed by atoms with Crippen LogP contribution in [-0.2, 0) is 9.53 Å². The quantitative estimate of drug-likeness (QED) is 0.575. The van der Waals surface area contributed by atoms with Crippen LogP contribution in [0, 0.1) is 17.3 Å². The summed E-state index contributed by atoms with van der Waals surface area (Å²) in [4.78, 5) is 11.0. The minimum Gasteiger partial charge on any atom is -0.377 e. The van der Waals surface area contributed by atoms with E-state index in [9.17, 15) is 4.79 Å². The molecule has 2 heteroatoms. The van der Waals surface area contributed by atoms with Gasteiger partial charge in [-0.3, -0.25) is 0 Å². The molecule has 13 heavy (non-hydrogen) atoms. The Morgan fingerprint density at radius 2 is 2.15 bits per heavy atom. The van der Waals surface area contributed by atoms with E-state index in [1.54, 1.807) is 0 Å². The molecule has 0 bridgehead atoms. The third-order valence-corrected chi connectivity index (χ3v) is 4.49. The highest BCUT2D eigenvalue weighted by Crippen LogP contribution is 2.65. The van der Waals surface area contributed by atoms with E-state index in [-0.39, 0.29) is 0 Å². The highest BCUT2D eigenvalue weighted by Gasteiger charge is 2.65. The lowest BCUT2D eigenvalue weighted by Crippen LogP contribution is -2.66. The standard InChI is InChI=1S/C11H16O2/c12-7-9-8-3-1-6-13-10(8)11(9)4-2-5-11/h7-10H,1-6H2/t8-,9-,10-/m1/s1. The maximum Gasteiger partial charge on any atom is 0.124 e. The molecule has 1 saturated heterocycles. The summed E-state index contributed by atoms with van der Waals surface area (Å²) in [5.74, 6) is 0.915. The van der Waals surface area contributed by atoms with Gasteiger partial charge in [-0.05, 0) is 31.6 Å². The lowest BCUT2D eigenvalue weighted by Gasteiger charge is -2.65. The first-order valence-electron chi connectivity index (χ1n) is 5.45.